The second kappa shape index (κ2) is 5.95. The molecule has 0 spiro atoms. The molecule has 0 heterocycles. The molecule has 0 saturated heterocycles. The summed E-state index contributed by atoms with van der Waals surface area (Å²) in [7, 11) is 0. The molecule has 1 fully saturated rings. The molecule has 0 radical (unpaired) electrons. The van der Waals surface area contributed by atoms with Crippen molar-refractivity contribution in [2.24, 2.45) is 5.92 Å². The van der Waals surface area contributed by atoms with Crippen LogP contribution in [-0.4, -0.2) is 22.9 Å². The fourth-order valence-electron chi connectivity index (χ4n) is 2.39. The van der Waals surface area contributed by atoms with E-state index in [1.165, 1.54) is 0 Å². The van der Waals surface area contributed by atoms with Crippen LogP contribution in [0.25, 0.3) is 0 Å². The van der Waals surface area contributed by atoms with Crippen molar-refractivity contribution in [2.75, 3.05) is 0 Å². The number of carboxylic acids is 1. The van der Waals surface area contributed by atoms with Crippen molar-refractivity contribution in [3.8, 4) is 0 Å². The Balaban J connectivity index is 1.81. The van der Waals surface area contributed by atoms with Crippen LogP contribution in [0.1, 0.15) is 31.7 Å². The number of hydrogen-bond donors (Lipinski definition) is 3. The van der Waals surface area contributed by atoms with E-state index >= 15 is 0 Å². The van der Waals surface area contributed by atoms with Crippen LogP contribution in [0.2, 0.25) is 0 Å². The first-order chi connectivity index (χ1) is 9.93. The summed E-state index contributed by atoms with van der Waals surface area (Å²) in [4.78, 5) is 33.7. The van der Waals surface area contributed by atoms with Gasteiger partial charge in [0.2, 0.25) is 11.8 Å². The van der Waals surface area contributed by atoms with Crippen molar-refractivity contribution in [2.45, 2.75) is 31.6 Å². The zero-order valence-electron chi connectivity index (χ0n) is 11.8. The summed E-state index contributed by atoms with van der Waals surface area (Å²) < 4.78 is 0. The lowest BCUT2D eigenvalue weighted by Gasteiger charge is -2.12. The fourth-order valence-corrected chi connectivity index (χ4v) is 2.39. The molecule has 0 aromatic heterocycles. The molecule has 2 atom stereocenters. The lowest BCUT2D eigenvalue weighted by Crippen LogP contribution is -2.43. The zero-order valence-corrected chi connectivity index (χ0v) is 11.8. The Labute approximate surface area is 122 Å². The Morgan fingerprint density at radius 3 is 2.48 bits per heavy atom. The number of carbonyl (C=O) groups is 3. The molecule has 1 aliphatic rings. The van der Waals surface area contributed by atoms with Crippen LogP contribution in [0.15, 0.2) is 30.3 Å². The standard InChI is InChI=1S/C15H18N2O4/c1-15(10-5-3-2-4-6-10)9-11(15)14(21)17-16-12(18)7-8-13(19)20/h2-6,11H,7-9H2,1H3,(H,16,18)(H,17,21)(H,19,20). The minimum atomic E-state index is -1.05. The maximum Gasteiger partial charge on any atom is 0.303 e. The average molecular weight is 290 g/mol. The zero-order chi connectivity index (χ0) is 15.5. The van der Waals surface area contributed by atoms with Gasteiger partial charge in [0.05, 0.1) is 6.42 Å². The molecule has 1 aromatic carbocycles. The van der Waals surface area contributed by atoms with Gasteiger partial charge in [0.1, 0.15) is 0 Å². The Kier molecular flexibility index (Phi) is 4.26. The van der Waals surface area contributed by atoms with Gasteiger partial charge in [-0.05, 0) is 12.0 Å². The largest absolute Gasteiger partial charge is 0.481 e. The van der Waals surface area contributed by atoms with Gasteiger partial charge in [-0.3, -0.25) is 25.2 Å². The van der Waals surface area contributed by atoms with Crippen LogP contribution in [0.5, 0.6) is 0 Å². The van der Waals surface area contributed by atoms with E-state index in [1.54, 1.807) is 0 Å². The van der Waals surface area contributed by atoms with E-state index in [-0.39, 0.29) is 30.1 Å². The molecule has 1 aliphatic carbocycles. The molecule has 1 saturated carbocycles. The molecular weight excluding hydrogens is 272 g/mol. The van der Waals surface area contributed by atoms with Crippen molar-refractivity contribution in [3.05, 3.63) is 35.9 Å². The predicted octanol–water partition coefficient (Wildman–Crippen LogP) is 0.976. The number of rotatable bonds is 5. The highest BCUT2D eigenvalue weighted by Crippen LogP contribution is 2.53. The second-order valence-electron chi connectivity index (χ2n) is 5.47. The SMILES string of the molecule is CC1(c2ccccc2)CC1C(=O)NNC(=O)CCC(=O)O. The molecule has 6 nitrogen and oxygen atoms in total. The van der Waals surface area contributed by atoms with E-state index in [1.807, 2.05) is 37.3 Å². The number of amides is 2. The fraction of sp³-hybridized carbons (Fsp3) is 0.400. The summed E-state index contributed by atoms with van der Waals surface area (Å²) in [6.07, 6.45) is 0.316. The number of aliphatic carboxylic acids is 1. The molecule has 112 valence electrons. The van der Waals surface area contributed by atoms with E-state index in [4.69, 9.17) is 5.11 Å². The van der Waals surface area contributed by atoms with Crippen LogP contribution in [0.4, 0.5) is 0 Å². The molecule has 0 bridgehead atoms. The third-order valence-electron chi connectivity index (χ3n) is 3.88. The Bertz CT molecular complexity index is 558. The van der Waals surface area contributed by atoms with Gasteiger partial charge in [-0.1, -0.05) is 37.3 Å². The monoisotopic (exact) mass is 290 g/mol. The van der Waals surface area contributed by atoms with Crippen LogP contribution in [0.3, 0.4) is 0 Å². The minimum absolute atomic E-state index is 0.157. The number of hydrazine groups is 1. The number of carboxylic acid groups (broad SMARTS) is 1. The van der Waals surface area contributed by atoms with Crippen molar-refractivity contribution >= 4 is 17.8 Å². The molecule has 1 aromatic rings. The van der Waals surface area contributed by atoms with Gasteiger partial charge in [0, 0.05) is 17.8 Å². The molecular formula is C15H18N2O4. The van der Waals surface area contributed by atoms with Gasteiger partial charge in [-0.15, -0.1) is 0 Å². The average Bonchev–Trinajstić information content (AvgIpc) is 3.17. The second-order valence-corrected chi connectivity index (χ2v) is 5.47. The maximum atomic E-state index is 12.0. The molecule has 2 unspecified atom stereocenters. The summed E-state index contributed by atoms with van der Waals surface area (Å²) >= 11 is 0. The van der Waals surface area contributed by atoms with E-state index in [9.17, 15) is 14.4 Å². The smallest absolute Gasteiger partial charge is 0.303 e. The topological polar surface area (TPSA) is 95.5 Å². The van der Waals surface area contributed by atoms with Gasteiger partial charge >= 0.3 is 5.97 Å². The van der Waals surface area contributed by atoms with Crippen LogP contribution >= 0.6 is 0 Å². The van der Waals surface area contributed by atoms with E-state index in [0.29, 0.717) is 0 Å². The summed E-state index contributed by atoms with van der Waals surface area (Å²) in [5, 5.41) is 8.47. The minimum Gasteiger partial charge on any atom is -0.481 e. The molecule has 6 heteroatoms. The number of hydrogen-bond acceptors (Lipinski definition) is 3. The van der Waals surface area contributed by atoms with E-state index in [2.05, 4.69) is 10.9 Å². The lowest BCUT2D eigenvalue weighted by molar-refractivity contribution is -0.139. The van der Waals surface area contributed by atoms with Crippen molar-refractivity contribution in [3.63, 3.8) is 0 Å². The molecule has 2 rings (SSSR count). The van der Waals surface area contributed by atoms with Gasteiger partial charge in [0.25, 0.3) is 0 Å². The van der Waals surface area contributed by atoms with Crippen LogP contribution < -0.4 is 10.9 Å². The number of nitrogens with one attached hydrogen (secondary N) is 2. The van der Waals surface area contributed by atoms with E-state index < -0.39 is 11.9 Å². The molecule has 21 heavy (non-hydrogen) atoms. The van der Waals surface area contributed by atoms with Gasteiger partial charge in [0.15, 0.2) is 0 Å². The first-order valence-corrected chi connectivity index (χ1v) is 6.79. The van der Waals surface area contributed by atoms with Crippen LogP contribution in [-0.2, 0) is 19.8 Å². The van der Waals surface area contributed by atoms with Gasteiger partial charge in [-0.2, -0.15) is 0 Å². The van der Waals surface area contributed by atoms with Gasteiger partial charge < -0.3 is 5.11 Å². The van der Waals surface area contributed by atoms with Crippen LogP contribution in [0, 0.1) is 5.92 Å². The third kappa shape index (κ3) is 3.59. The van der Waals surface area contributed by atoms with E-state index in [0.717, 1.165) is 12.0 Å². The summed E-state index contributed by atoms with van der Waals surface area (Å²) in [6, 6.07) is 9.76. The number of benzene rings is 1. The summed E-state index contributed by atoms with van der Waals surface area (Å²) in [5.74, 6) is -1.98. The highest BCUT2D eigenvalue weighted by molar-refractivity contribution is 5.87. The van der Waals surface area contributed by atoms with Crippen molar-refractivity contribution in [1.29, 1.82) is 0 Å². The maximum absolute atomic E-state index is 12.0. The Morgan fingerprint density at radius 2 is 1.86 bits per heavy atom. The highest BCUT2D eigenvalue weighted by atomic mass is 16.4. The third-order valence-corrected chi connectivity index (χ3v) is 3.88. The first-order valence-electron chi connectivity index (χ1n) is 6.79. The quantitative estimate of drug-likeness (QED) is 0.704. The number of carbonyl (C=O) groups excluding carboxylic acids is 2. The van der Waals surface area contributed by atoms with Gasteiger partial charge in [-0.25, -0.2) is 0 Å². The highest BCUT2D eigenvalue weighted by Gasteiger charge is 2.55. The summed E-state index contributed by atoms with van der Waals surface area (Å²) in [5.41, 5.74) is 5.51. The molecule has 3 N–H and O–H groups in total. The predicted molar refractivity (Wildman–Crippen MR) is 75.1 cm³/mol. The first kappa shape index (κ1) is 15.0. The van der Waals surface area contributed by atoms with Crippen molar-refractivity contribution in [1.82, 2.24) is 10.9 Å². The molecule has 2 amide bonds. The lowest BCUT2D eigenvalue weighted by atomic mass is 9.95. The molecule has 0 aliphatic heterocycles. The Morgan fingerprint density at radius 1 is 1.19 bits per heavy atom. The normalized spacial score (nSPS) is 23.2. The Hall–Kier alpha value is -2.37. The summed E-state index contributed by atoms with van der Waals surface area (Å²) in [6.45, 7) is 2.01. The van der Waals surface area contributed by atoms with Crippen molar-refractivity contribution < 1.29 is 19.5 Å².